The highest BCUT2D eigenvalue weighted by Gasteiger charge is 2.15. The number of amides is 1. The van der Waals surface area contributed by atoms with Gasteiger partial charge in [0.15, 0.2) is 12.7 Å². The van der Waals surface area contributed by atoms with E-state index in [1.165, 1.54) is 6.08 Å². The summed E-state index contributed by atoms with van der Waals surface area (Å²) in [7, 11) is 0. The summed E-state index contributed by atoms with van der Waals surface area (Å²) < 4.78 is 15.5. The molecule has 132 valence electrons. The first kappa shape index (κ1) is 19.7. The minimum Gasteiger partial charge on any atom is -0.494 e. The van der Waals surface area contributed by atoms with Crippen molar-refractivity contribution in [3.63, 3.8) is 0 Å². The smallest absolute Gasteiger partial charge is 0.335 e. The molecule has 1 N–H and O–H groups in total. The largest absolute Gasteiger partial charge is 0.494 e. The molecule has 0 spiro atoms. The Morgan fingerprint density at radius 1 is 1.29 bits per heavy atom. The van der Waals surface area contributed by atoms with Gasteiger partial charge in [-0.2, -0.15) is 0 Å². The molecule has 0 radical (unpaired) electrons. The summed E-state index contributed by atoms with van der Waals surface area (Å²) in [6.07, 6.45) is 1.76. The molecule has 1 aromatic carbocycles. The van der Waals surface area contributed by atoms with Gasteiger partial charge < -0.3 is 19.5 Å². The number of rotatable bonds is 11. The van der Waals surface area contributed by atoms with Crippen LogP contribution in [0.5, 0.6) is 5.75 Å². The molecule has 0 aliphatic rings. The van der Waals surface area contributed by atoms with Crippen molar-refractivity contribution in [3.05, 3.63) is 42.5 Å². The van der Waals surface area contributed by atoms with Crippen LogP contribution in [0.4, 0.5) is 0 Å². The van der Waals surface area contributed by atoms with E-state index in [1.54, 1.807) is 6.92 Å². The summed E-state index contributed by atoms with van der Waals surface area (Å²) in [6, 6.07) is 7.47. The molecule has 0 fully saturated rings. The second kappa shape index (κ2) is 11.2. The van der Waals surface area contributed by atoms with Crippen molar-refractivity contribution in [2.45, 2.75) is 32.9 Å². The third-order valence-corrected chi connectivity index (χ3v) is 3.03. The third-order valence-electron chi connectivity index (χ3n) is 3.03. The normalized spacial score (nSPS) is 11.4. The summed E-state index contributed by atoms with van der Waals surface area (Å²) in [6.45, 7) is 8.04. The van der Waals surface area contributed by atoms with Crippen molar-refractivity contribution in [1.82, 2.24) is 5.32 Å². The van der Waals surface area contributed by atoms with Gasteiger partial charge >= 0.3 is 5.97 Å². The molecule has 0 aliphatic carbocycles. The molecular formula is C18H25NO5. The number of ether oxygens (including phenoxy) is 3. The van der Waals surface area contributed by atoms with Crippen LogP contribution >= 0.6 is 0 Å². The fraction of sp³-hybridized carbons (Fsp3) is 0.444. The second-order valence-corrected chi connectivity index (χ2v) is 5.14. The van der Waals surface area contributed by atoms with Crippen molar-refractivity contribution in [2.75, 3.05) is 19.8 Å². The number of carbonyl (C=O) groups excluding carboxylic acids is 2. The van der Waals surface area contributed by atoms with Crippen molar-refractivity contribution < 1.29 is 23.8 Å². The Balaban J connectivity index is 2.28. The zero-order valence-corrected chi connectivity index (χ0v) is 14.2. The summed E-state index contributed by atoms with van der Waals surface area (Å²) in [5, 5.41) is 2.69. The highest BCUT2D eigenvalue weighted by molar-refractivity contribution is 5.81. The molecule has 6 nitrogen and oxygen atoms in total. The topological polar surface area (TPSA) is 73.9 Å². The Bertz CT molecular complexity index is 527. The van der Waals surface area contributed by atoms with E-state index < -0.39 is 12.1 Å². The molecule has 0 heterocycles. The van der Waals surface area contributed by atoms with E-state index in [0.717, 1.165) is 17.7 Å². The Morgan fingerprint density at radius 2 is 2.00 bits per heavy atom. The van der Waals surface area contributed by atoms with Crippen LogP contribution in [0.2, 0.25) is 0 Å². The molecule has 0 saturated carbocycles. The number of hydrogen-bond donors (Lipinski definition) is 1. The fourth-order valence-electron chi connectivity index (χ4n) is 1.71. The van der Waals surface area contributed by atoms with Crippen LogP contribution in [0.15, 0.2) is 36.9 Å². The van der Waals surface area contributed by atoms with E-state index >= 15 is 0 Å². The number of esters is 1. The molecule has 1 atom stereocenters. The van der Waals surface area contributed by atoms with Gasteiger partial charge in [0.25, 0.3) is 5.91 Å². The van der Waals surface area contributed by atoms with Crippen LogP contribution in [0.1, 0.15) is 25.8 Å². The average molecular weight is 335 g/mol. The quantitative estimate of drug-likeness (QED) is 0.496. The fourth-order valence-corrected chi connectivity index (χ4v) is 1.71. The lowest BCUT2D eigenvalue weighted by Gasteiger charge is -2.11. The van der Waals surface area contributed by atoms with E-state index in [4.69, 9.17) is 14.2 Å². The molecule has 24 heavy (non-hydrogen) atoms. The molecule has 1 aromatic rings. The molecular weight excluding hydrogens is 310 g/mol. The van der Waals surface area contributed by atoms with E-state index in [-0.39, 0.29) is 19.1 Å². The Hall–Kier alpha value is -2.34. The highest BCUT2D eigenvalue weighted by atomic mass is 16.6. The number of carbonyl (C=O) groups is 2. The van der Waals surface area contributed by atoms with Gasteiger partial charge in [-0.15, -0.1) is 6.58 Å². The van der Waals surface area contributed by atoms with Crippen LogP contribution in [0.3, 0.4) is 0 Å². The first-order valence-corrected chi connectivity index (χ1v) is 7.94. The van der Waals surface area contributed by atoms with Gasteiger partial charge in [-0.3, -0.25) is 4.79 Å². The van der Waals surface area contributed by atoms with Crippen molar-refractivity contribution in [2.24, 2.45) is 0 Å². The first-order chi connectivity index (χ1) is 11.6. The average Bonchev–Trinajstić information content (AvgIpc) is 2.61. The molecule has 0 aromatic heterocycles. The monoisotopic (exact) mass is 335 g/mol. The summed E-state index contributed by atoms with van der Waals surface area (Å²) in [5.74, 6) is -0.149. The Morgan fingerprint density at radius 3 is 2.62 bits per heavy atom. The van der Waals surface area contributed by atoms with Crippen LogP contribution in [0, 0.1) is 0 Å². The minimum atomic E-state index is -0.730. The Kier molecular flexibility index (Phi) is 9.23. The predicted molar refractivity (Wildman–Crippen MR) is 90.6 cm³/mol. The number of nitrogens with one attached hydrogen (secondary N) is 1. The third kappa shape index (κ3) is 7.78. The molecule has 1 unspecified atom stereocenters. The maximum atomic E-state index is 11.7. The molecule has 1 rings (SSSR count). The van der Waals surface area contributed by atoms with Gasteiger partial charge in [0.2, 0.25) is 0 Å². The summed E-state index contributed by atoms with van der Waals surface area (Å²) in [5.41, 5.74) is 0.932. The minimum absolute atomic E-state index is 0.250. The summed E-state index contributed by atoms with van der Waals surface area (Å²) >= 11 is 0. The van der Waals surface area contributed by atoms with E-state index in [9.17, 15) is 9.59 Å². The lowest BCUT2D eigenvalue weighted by atomic mass is 10.2. The van der Waals surface area contributed by atoms with Crippen LogP contribution in [-0.4, -0.2) is 37.8 Å². The lowest BCUT2D eigenvalue weighted by Crippen LogP contribution is -2.31. The predicted octanol–water partition coefficient (Wildman–Crippen LogP) is 2.23. The van der Waals surface area contributed by atoms with Crippen molar-refractivity contribution >= 4 is 11.9 Å². The first-order valence-electron chi connectivity index (χ1n) is 7.94. The van der Waals surface area contributed by atoms with E-state index in [1.807, 2.05) is 31.2 Å². The van der Waals surface area contributed by atoms with Gasteiger partial charge in [-0.25, -0.2) is 4.79 Å². The molecule has 0 saturated heterocycles. The second-order valence-electron chi connectivity index (χ2n) is 5.14. The van der Waals surface area contributed by atoms with Gasteiger partial charge in [0.05, 0.1) is 13.2 Å². The van der Waals surface area contributed by atoms with Crippen LogP contribution in [-0.2, 0) is 25.6 Å². The van der Waals surface area contributed by atoms with Gasteiger partial charge in [-0.1, -0.05) is 25.1 Å². The van der Waals surface area contributed by atoms with Crippen molar-refractivity contribution in [3.8, 4) is 5.75 Å². The summed E-state index contributed by atoms with van der Waals surface area (Å²) in [4.78, 5) is 23.3. The molecule has 6 heteroatoms. The van der Waals surface area contributed by atoms with Crippen LogP contribution < -0.4 is 10.1 Å². The number of benzene rings is 1. The lowest BCUT2D eigenvalue weighted by molar-refractivity contribution is -0.158. The molecule has 0 aliphatic heterocycles. The molecule has 1 amide bonds. The SMILES string of the molecule is C=CCOC(C)C(=O)OCC(=O)NCc1ccc(OCCC)cc1. The van der Waals surface area contributed by atoms with E-state index in [2.05, 4.69) is 11.9 Å². The van der Waals surface area contributed by atoms with Crippen molar-refractivity contribution in [1.29, 1.82) is 0 Å². The zero-order chi connectivity index (χ0) is 17.8. The maximum Gasteiger partial charge on any atom is 0.335 e. The zero-order valence-electron chi connectivity index (χ0n) is 14.2. The Labute approximate surface area is 142 Å². The van der Waals surface area contributed by atoms with Gasteiger partial charge in [0.1, 0.15) is 5.75 Å². The van der Waals surface area contributed by atoms with E-state index in [0.29, 0.717) is 13.2 Å². The van der Waals surface area contributed by atoms with Gasteiger partial charge in [-0.05, 0) is 31.0 Å². The van der Waals surface area contributed by atoms with Gasteiger partial charge in [0, 0.05) is 6.54 Å². The number of hydrogen-bond acceptors (Lipinski definition) is 5. The maximum absolute atomic E-state index is 11.7. The van der Waals surface area contributed by atoms with Crippen LogP contribution in [0.25, 0.3) is 0 Å². The molecule has 0 bridgehead atoms. The highest BCUT2D eigenvalue weighted by Crippen LogP contribution is 2.12. The standard InChI is InChI=1S/C18H25NO5/c1-4-10-22-14(3)18(21)24-13-17(20)19-12-15-6-8-16(9-7-15)23-11-5-2/h4,6-9,14H,1,5,10-13H2,2-3H3,(H,19,20).